The summed E-state index contributed by atoms with van der Waals surface area (Å²) >= 11 is 0. The molecule has 1 heterocycles. The highest BCUT2D eigenvalue weighted by molar-refractivity contribution is 6.12. The Labute approximate surface area is 109 Å². The van der Waals surface area contributed by atoms with Crippen LogP contribution in [0, 0.1) is 0 Å². The van der Waals surface area contributed by atoms with Crippen LogP contribution in [0.25, 0.3) is 21.8 Å². The van der Waals surface area contributed by atoms with Crippen LogP contribution in [0.3, 0.4) is 0 Å². The topological polar surface area (TPSA) is 51.5 Å². The lowest BCUT2D eigenvalue weighted by Gasteiger charge is -2.03. The smallest absolute Gasteiger partial charge is 0.338 e. The summed E-state index contributed by atoms with van der Waals surface area (Å²) in [7, 11) is 3.22. The monoisotopic (exact) mass is 255 g/mol. The van der Waals surface area contributed by atoms with Crippen LogP contribution < -0.4 is 0 Å². The number of hydrogen-bond donors (Lipinski definition) is 1. The summed E-state index contributed by atoms with van der Waals surface area (Å²) < 4.78 is 6.62. The van der Waals surface area contributed by atoms with Gasteiger partial charge in [-0.2, -0.15) is 0 Å². The van der Waals surface area contributed by atoms with Gasteiger partial charge in [0.25, 0.3) is 0 Å². The molecule has 2 aromatic carbocycles. The molecule has 0 spiro atoms. The Balaban J connectivity index is 2.47. The largest absolute Gasteiger partial charge is 0.506 e. The van der Waals surface area contributed by atoms with E-state index < -0.39 is 5.97 Å². The Kier molecular flexibility index (Phi) is 2.45. The summed E-state index contributed by atoms with van der Waals surface area (Å²) in [6.07, 6.45) is 0. The number of carbonyl (C=O) groups excluding carboxylic acids is 1. The summed E-state index contributed by atoms with van der Waals surface area (Å²) in [5, 5.41) is 12.0. The van der Waals surface area contributed by atoms with Crippen LogP contribution in [0.2, 0.25) is 0 Å². The Hall–Kier alpha value is -2.49. The molecule has 1 N–H and O–H groups in total. The molecule has 4 nitrogen and oxygen atoms in total. The van der Waals surface area contributed by atoms with E-state index in [2.05, 4.69) is 0 Å². The molecule has 0 unspecified atom stereocenters. The van der Waals surface area contributed by atoms with Gasteiger partial charge in [0.05, 0.1) is 18.2 Å². The maximum absolute atomic E-state index is 11.6. The summed E-state index contributed by atoms with van der Waals surface area (Å²) in [5.41, 5.74) is 2.08. The van der Waals surface area contributed by atoms with Crippen molar-refractivity contribution in [3.8, 4) is 5.75 Å². The standard InChI is InChI=1S/C15H13NO3/c1-16-12-6-4-3-5-10(12)11-7-9(15(18)19-2)8-13(17)14(11)16/h3-8,17H,1-2H3. The van der Waals surface area contributed by atoms with Crippen molar-refractivity contribution in [1.29, 1.82) is 0 Å². The molecule has 0 saturated carbocycles. The molecule has 96 valence electrons. The van der Waals surface area contributed by atoms with Crippen LogP contribution in [0.15, 0.2) is 36.4 Å². The van der Waals surface area contributed by atoms with E-state index in [9.17, 15) is 9.90 Å². The first-order valence-electron chi connectivity index (χ1n) is 5.92. The van der Waals surface area contributed by atoms with Gasteiger partial charge >= 0.3 is 5.97 Å². The highest BCUT2D eigenvalue weighted by atomic mass is 16.5. The van der Waals surface area contributed by atoms with Crippen molar-refractivity contribution in [1.82, 2.24) is 4.57 Å². The fourth-order valence-electron chi connectivity index (χ4n) is 2.53. The van der Waals surface area contributed by atoms with Crippen LogP contribution in [-0.2, 0) is 11.8 Å². The van der Waals surface area contributed by atoms with Gasteiger partial charge in [-0.15, -0.1) is 0 Å². The molecule has 0 aliphatic carbocycles. The molecule has 3 aromatic rings. The first-order chi connectivity index (χ1) is 9.13. The summed E-state index contributed by atoms with van der Waals surface area (Å²) in [6.45, 7) is 0. The molecule has 0 aliphatic rings. The van der Waals surface area contributed by atoms with E-state index in [-0.39, 0.29) is 5.75 Å². The SMILES string of the molecule is COC(=O)c1cc(O)c2c(c1)c1ccccc1n2C. The molecule has 0 bridgehead atoms. The number of carbonyl (C=O) groups is 1. The number of rotatable bonds is 1. The van der Waals surface area contributed by atoms with Crippen molar-refractivity contribution < 1.29 is 14.6 Å². The average molecular weight is 255 g/mol. The third-order valence-electron chi connectivity index (χ3n) is 3.40. The van der Waals surface area contributed by atoms with Crippen LogP contribution in [0.1, 0.15) is 10.4 Å². The van der Waals surface area contributed by atoms with Gasteiger partial charge in [-0.25, -0.2) is 4.79 Å². The highest BCUT2D eigenvalue weighted by Gasteiger charge is 2.15. The Bertz CT molecular complexity index is 802. The summed E-state index contributed by atoms with van der Waals surface area (Å²) in [5.74, 6) is -0.373. The van der Waals surface area contributed by atoms with E-state index in [0.29, 0.717) is 11.1 Å². The van der Waals surface area contributed by atoms with E-state index in [1.165, 1.54) is 13.2 Å². The van der Waals surface area contributed by atoms with Crippen molar-refractivity contribution in [2.24, 2.45) is 7.05 Å². The minimum atomic E-state index is -0.454. The van der Waals surface area contributed by atoms with Gasteiger partial charge in [-0.1, -0.05) is 18.2 Å². The molecule has 0 radical (unpaired) electrons. The predicted octanol–water partition coefficient (Wildman–Crippen LogP) is 2.82. The number of esters is 1. The number of phenolic OH excluding ortho intramolecular Hbond substituents is 1. The van der Waals surface area contributed by atoms with Crippen molar-refractivity contribution in [2.75, 3.05) is 7.11 Å². The molecular weight excluding hydrogens is 242 g/mol. The van der Waals surface area contributed by atoms with Crippen molar-refractivity contribution in [3.63, 3.8) is 0 Å². The molecule has 0 amide bonds. The zero-order valence-electron chi connectivity index (χ0n) is 10.7. The molecule has 19 heavy (non-hydrogen) atoms. The number of benzene rings is 2. The van der Waals surface area contributed by atoms with Crippen molar-refractivity contribution >= 4 is 27.8 Å². The Morgan fingerprint density at radius 2 is 1.95 bits per heavy atom. The molecule has 0 atom stereocenters. The molecule has 0 aliphatic heterocycles. The molecular formula is C15H13NO3. The van der Waals surface area contributed by atoms with Gasteiger partial charge in [0.15, 0.2) is 0 Å². The maximum atomic E-state index is 11.6. The third-order valence-corrected chi connectivity index (χ3v) is 3.40. The Morgan fingerprint density at radius 3 is 2.68 bits per heavy atom. The predicted molar refractivity (Wildman–Crippen MR) is 73.4 cm³/mol. The quantitative estimate of drug-likeness (QED) is 0.680. The number of methoxy groups -OCH3 is 1. The average Bonchev–Trinajstić information content (AvgIpc) is 2.72. The minimum absolute atomic E-state index is 0.0802. The second-order valence-electron chi connectivity index (χ2n) is 4.46. The van der Waals surface area contributed by atoms with E-state index in [1.54, 1.807) is 6.07 Å². The van der Waals surface area contributed by atoms with Gasteiger partial charge in [-0.05, 0) is 18.2 Å². The molecule has 1 aromatic heterocycles. The number of nitrogens with zero attached hydrogens (tertiary/aromatic N) is 1. The summed E-state index contributed by atoms with van der Waals surface area (Å²) in [6, 6.07) is 11.0. The van der Waals surface area contributed by atoms with Gasteiger partial charge < -0.3 is 14.4 Å². The zero-order chi connectivity index (χ0) is 13.6. The molecule has 3 rings (SSSR count). The number of phenols is 1. The molecule has 0 saturated heterocycles. The first-order valence-corrected chi connectivity index (χ1v) is 5.92. The lowest BCUT2D eigenvalue weighted by atomic mass is 10.1. The number of hydrogen-bond acceptors (Lipinski definition) is 3. The number of aromatic hydroxyl groups is 1. The van der Waals surface area contributed by atoms with E-state index in [0.717, 1.165) is 16.3 Å². The molecule has 0 fully saturated rings. The highest BCUT2D eigenvalue weighted by Crippen LogP contribution is 2.34. The number of para-hydroxylation sites is 1. The van der Waals surface area contributed by atoms with E-state index >= 15 is 0 Å². The van der Waals surface area contributed by atoms with Crippen LogP contribution >= 0.6 is 0 Å². The second-order valence-corrected chi connectivity index (χ2v) is 4.46. The van der Waals surface area contributed by atoms with Gasteiger partial charge in [-0.3, -0.25) is 0 Å². The third kappa shape index (κ3) is 1.57. The number of ether oxygens (including phenoxy) is 1. The number of aromatic nitrogens is 1. The lowest BCUT2D eigenvalue weighted by molar-refractivity contribution is 0.0600. The normalized spacial score (nSPS) is 11.1. The first kappa shape index (κ1) is 11.6. The van der Waals surface area contributed by atoms with Crippen molar-refractivity contribution in [2.45, 2.75) is 0 Å². The van der Waals surface area contributed by atoms with E-state index in [4.69, 9.17) is 4.74 Å². The Morgan fingerprint density at radius 1 is 1.21 bits per heavy atom. The van der Waals surface area contributed by atoms with Crippen molar-refractivity contribution in [3.05, 3.63) is 42.0 Å². The molecule has 4 heteroatoms. The van der Waals surface area contributed by atoms with E-state index in [1.807, 2.05) is 35.9 Å². The van der Waals surface area contributed by atoms with Gasteiger partial charge in [0.1, 0.15) is 5.75 Å². The van der Waals surface area contributed by atoms with Gasteiger partial charge in [0.2, 0.25) is 0 Å². The second kappa shape index (κ2) is 4.02. The van der Waals surface area contributed by atoms with Crippen LogP contribution in [-0.4, -0.2) is 22.8 Å². The van der Waals surface area contributed by atoms with Crippen LogP contribution in [0.4, 0.5) is 0 Å². The maximum Gasteiger partial charge on any atom is 0.338 e. The number of fused-ring (bicyclic) bond motifs is 3. The minimum Gasteiger partial charge on any atom is -0.506 e. The van der Waals surface area contributed by atoms with Gasteiger partial charge in [0, 0.05) is 23.3 Å². The fourth-order valence-corrected chi connectivity index (χ4v) is 2.53. The fraction of sp³-hybridized carbons (Fsp3) is 0.133. The van der Waals surface area contributed by atoms with Crippen LogP contribution in [0.5, 0.6) is 5.75 Å². The zero-order valence-corrected chi connectivity index (χ0v) is 10.7. The lowest BCUT2D eigenvalue weighted by Crippen LogP contribution is -2.00. The number of aryl methyl sites for hydroxylation is 1. The summed E-state index contributed by atoms with van der Waals surface area (Å²) in [4.78, 5) is 11.6.